The van der Waals surface area contributed by atoms with Gasteiger partial charge in [-0.25, -0.2) is 4.98 Å². The van der Waals surface area contributed by atoms with E-state index in [1.165, 1.54) is 7.11 Å². The Morgan fingerprint density at radius 2 is 2.19 bits per heavy atom. The summed E-state index contributed by atoms with van der Waals surface area (Å²) in [6, 6.07) is 7.79. The molecule has 0 aliphatic carbocycles. The Bertz CT molecular complexity index is 449. The van der Waals surface area contributed by atoms with Crippen molar-refractivity contribution in [2.24, 2.45) is 0 Å². The van der Waals surface area contributed by atoms with Crippen LogP contribution in [-0.4, -0.2) is 23.0 Å². The number of nitrogens with one attached hydrogen (secondary N) is 1. The van der Waals surface area contributed by atoms with Gasteiger partial charge in [-0.05, 0) is 12.1 Å². The second kappa shape index (κ2) is 5.51. The zero-order valence-electron chi connectivity index (χ0n) is 8.90. The van der Waals surface area contributed by atoms with E-state index in [9.17, 15) is 4.79 Å². The third-order valence-electron chi connectivity index (χ3n) is 2.23. The SMILES string of the molecule is COC(=O)CCc1nc2ccccc2[nH]1.Cl. The van der Waals surface area contributed by atoms with Gasteiger partial charge >= 0.3 is 5.97 Å². The highest BCUT2D eigenvalue weighted by atomic mass is 35.5. The summed E-state index contributed by atoms with van der Waals surface area (Å²) in [5.41, 5.74) is 1.93. The van der Waals surface area contributed by atoms with Crippen LogP contribution in [0.2, 0.25) is 0 Å². The van der Waals surface area contributed by atoms with Crippen LogP contribution in [0.5, 0.6) is 0 Å². The molecular formula is C11H13ClN2O2. The number of ether oxygens (including phenoxy) is 1. The van der Waals surface area contributed by atoms with Crippen molar-refractivity contribution >= 4 is 29.4 Å². The number of imidazole rings is 1. The molecule has 0 bridgehead atoms. The summed E-state index contributed by atoms with van der Waals surface area (Å²) >= 11 is 0. The zero-order valence-corrected chi connectivity index (χ0v) is 9.71. The van der Waals surface area contributed by atoms with Gasteiger partial charge < -0.3 is 9.72 Å². The first-order valence-electron chi connectivity index (χ1n) is 4.80. The molecule has 1 N–H and O–H groups in total. The van der Waals surface area contributed by atoms with Gasteiger partial charge in [0.2, 0.25) is 0 Å². The predicted octanol–water partition coefficient (Wildman–Crippen LogP) is 2.09. The van der Waals surface area contributed by atoms with Crippen LogP contribution in [0, 0.1) is 0 Å². The fourth-order valence-electron chi connectivity index (χ4n) is 1.45. The second-order valence-corrected chi connectivity index (χ2v) is 3.28. The summed E-state index contributed by atoms with van der Waals surface area (Å²) in [5.74, 6) is 0.608. The summed E-state index contributed by atoms with van der Waals surface area (Å²) < 4.78 is 4.57. The average Bonchev–Trinajstić information content (AvgIpc) is 2.68. The average molecular weight is 241 g/mol. The number of esters is 1. The van der Waals surface area contributed by atoms with Crippen LogP contribution in [0.25, 0.3) is 11.0 Å². The second-order valence-electron chi connectivity index (χ2n) is 3.28. The standard InChI is InChI=1S/C11H12N2O2.ClH/c1-15-11(14)7-6-10-12-8-4-2-3-5-9(8)13-10;/h2-5H,6-7H2,1H3,(H,12,13);1H. The van der Waals surface area contributed by atoms with Crippen molar-refractivity contribution in [3.8, 4) is 0 Å². The number of methoxy groups -OCH3 is 1. The first kappa shape index (κ1) is 12.5. The van der Waals surface area contributed by atoms with E-state index in [2.05, 4.69) is 14.7 Å². The molecule has 0 radical (unpaired) electrons. The number of carbonyl (C=O) groups is 1. The summed E-state index contributed by atoms with van der Waals surface area (Å²) in [7, 11) is 1.39. The van der Waals surface area contributed by atoms with E-state index in [1.54, 1.807) is 0 Å². The van der Waals surface area contributed by atoms with E-state index in [0.29, 0.717) is 12.8 Å². The molecule has 0 unspecified atom stereocenters. The molecular weight excluding hydrogens is 228 g/mol. The Hall–Kier alpha value is -1.55. The summed E-state index contributed by atoms with van der Waals surface area (Å²) in [5, 5.41) is 0. The fraction of sp³-hybridized carbons (Fsp3) is 0.273. The van der Waals surface area contributed by atoms with Crippen LogP contribution < -0.4 is 0 Å². The van der Waals surface area contributed by atoms with Crippen LogP contribution >= 0.6 is 12.4 Å². The number of carbonyl (C=O) groups excluding carboxylic acids is 1. The van der Waals surface area contributed by atoms with Crippen LogP contribution in [0.1, 0.15) is 12.2 Å². The number of aryl methyl sites for hydroxylation is 1. The number of hydrogen-bond acceptors (Lipinski definition) is 3. The molecule has 2 rings (SSSR count). The first-order valence-corrected chi connectivity index (χ1v) is 4.80. The molecule has 16 heavy (non-hydrogen) atoms. The van der Waals surface area contributed by atoms with Crippen LogP contribution in [0.4, 0.5) is 0 Å². The van der Waals surface area contributed by atoms with Crippen LogP contribution in [0.15, 0.2) is 24.3 Å². The molecule has 0 aliphatic rings. The van der Waals surface area contributed by atoms with E-state index in [4.69, 9.17) is 0 Å². The molecule has 2 aromatic rings. The zero-order chi connectivity index (χ0) is 10.7. The first-order chi connectivity index (χ1) is 7.29. The van der Waals surface area contributed by atoms with Crippen molar-refractivity contribution in [3.63, 3.8) is 0 Å². The number of para-hydroxylation sites is 2. The molecule has 0 atom stereocenters. The van der Waals surface area contributed by atoms with Gasteiger partial charge in [0.05, 0.1) is 24.6 Å². The van der Waals surface area contributed by atoms with Crippen molar-refractivity contribution in [1.82, 2.24) is 9.97 Å². The number of hydrogen-bond donors (Lipinski definition) is 1. The Morgan fingerprint density at radius 1 is 1.44 bits per heavy atom. The number of aromatic nitrogens is 2. The third-order valence-corrected chi connectivity index (χ3v) is 2.23. The number of halogens is 1. The fourth-order valence-corrected chi connectivity index (χ4v) is 1.45. The largest absolute Gasteiger partial charge is 0.469 e. The molecule has 0 fully saturated rings. The third kappa shape index (κ3) is 2.73. The Kier molecular flexibility index (Phi) is 4.31. The molecule has 4 nitrogen and oxygen atoms in total. The van der Waals surface area contributed by atoms with E-state index in [1.807, 2.05) is 24.3 Å². The lowest BCUT2D eigenvalue weighted by Gasteiger charge is -1.95. The highest BCUT2D eigenvalue weighted by Crippen LogP contribution is 2.11. The lowest BCUT2D eigenvalue weighted by atomic mass is 10.3. The Morgan fingerprint density at radius 3 is 2.88 bits per heavy atom. The van der Waals surface area contributed by atoms with Crippen molar-refractivity contribution in [2.45, 2.75) is 12.8 Å². The molecule has 0 saturated heterocycles. The smallest absolute Gasteiger partial charge is 0.305 e. The maximum atomic E-state index is 10.9. The number of nitrogens with zero attached hydrogens (tertiary/aromatic N) is 1. The molecule has 86 valence electrons. The maximum absolute atomic E-state index is 10.9. The minimum atomic E-state index is -0.213. The van der Waals surface area contributed by atoms with Gasteiger partial charge in [-0.2, -0.15) is 0 Å². The lowest BCUT2D eigenvalue weighted by Crippen LogP contribution is -2.02. The molecule has 5 heteroatoms. The highest BCUT2D eigenvalue weighted by molar-refractivity contribution is 5.85. The van der Waals surface area contributed by atoms with E-state index < -0.39 is 0 Å². The van der Waals surface area contributed by atoms with Gasteiger partial charge in [0.1, 0.15) is 5.82 Å². The monoisotopic (exact) mass is 240 g/mol. The number of H-pyrrole nitrogens is 1. The van der Waals surface area contributed by atoms with E-state index >= 15 is 0 Å². The van der Waals surface area contributed by atoms with E-state index in [0.717, 1.165) is 16.9 Å². The van der Waals surface area contributed by atoms with Crippen LogP contribution in [-0.2, 0) is 16.0 Å². The topological polar surface area (TPSA) is 55.0 Å². The minimum Gasteiger partial charge on any atom is -0.469 e. The van der Waals surface area contributed by atoms with Gasteiger partial charge in [-0.3, -0.25) is 4.79 Å². The molecule has 1 aromatic heterocycles. The predicted molar refractivity (Wildman–Crippen MR) is 63.7 cm³/mol. The Labute approximate surface area is 99.4 Å². The summed E-state index contributed by atoms with van der Waals surface area (Å²) in [4.78, 5) is 18.4. The highest BCUT2D eigenvalue weighted by Gasteiger charge is 2.05. The molecule has 0 aliphatic heterocycles. The van der Waals surface area contributed by atoms with Gasteiger partial charge in [-0.15, -0.1) is 12.4 Å². The number of rotatable bonds is 3. The molecule has 0 spiro atoms. The van der Waals surface area contributed by atoms with Crippen molar-refractivity contribution < 1.29 is 9.53 Å². The Balaban J connectivity index is 0.00000128. The van der Waals surface area contributed by atoms with Gasteiger partial charge in [0, 0.05) is 6.42 Å². The van der Waals surface area contributed by atoms with Crippen LogP contribution in [0.3, 0.4) is 0 Å². The molecule has 0 amide bonds. The molecule has 1 heterocycles. The number of benzene rings is 1. The summed E-state index contributed by atoms with van der Waals surface area (Å²) in [6.45, 7) is 0. The van der Waals surface area contributed by atoms with Gasteiger partial charge in [0.25, 0.3) is 0 Å². The number of fused-ring (bicyclic) bond motifs is 1. The van der Waals surface area contributed by atoms with Gasteiger partial charge in [0.15, 0.2) is 0 Å². The maximum Gasteiger partial charge on any atom is 0.305 e. The lowest BCUT2D eigenvalue weighted by molar-refractivity contribution is -0.140. The number of aromatic amines is 1. The molecule has 1 aromatic carbocycles. The molecule has 0 saturated carbocycles. The van der Waals surface area contributed by atoms with E-state index in [-0.39, 0.29) is 18.4 Å². The van der Waals surface area contributed by atoms with Gasteiger partial charge in [-0.1, -0.05) is 12.1 Å². The van der Waals surface area contributed by atoms with Crippen molar-refractivity contribution in [1.29, 1.82) is 0 Å². The normalized spacial score (nSPS) is 9.81. The quantitative estimate of drug-likeness (QED) is 0.836. The summed E-state index contributed by atoms with van der Waals surface area (Å²) in [6.07, 6.45) is 0.942. The van der Waals surface area contributed by atoms with Crippen molar-refractivity contribution in [3.05, 3.63) is 30.1 Å². The van der Waals surface area contributed by atoms with Crippen molar-refractivity contribution in [2.75, 3.05) is 7.11 Å². The minimum absolute atomic E-state index is 0.